The van der Waals surface area contributed by atoms with Gasteiger partial charge >= 0.3 is 5.97 Å². The van der Waals surface area contributed by atoms with E-state index >= 15 is 0 Å². The SMILES string of the molecule is Cc1ccc(-c2scnc2CCC(=O)O)c(C)c1. The molecule has 0 aliphatic heterocycles. The van der Waals surface area contributed by atoms with E-state index in [0.29, 0.717) is 6.42 Å². The van der Waals surface area contributed by atoms with Crippen molar-refractivity contribution in [3.63, 3.8) is 0 Å². The first-order chi connectivity index (χ1) is 8.58. The van der Waals surface area contributed by atoms with Gasteiger partial charge in [-0.15, -0.1) is 11.3 Å². The Morgan fingerprint density at radius 2 is 2.17 bits per heavy atom. The Morgan fingerprint density at radius 3 is 2.83 bits per heavy atom. The number of rotatable bonds is 4. The van der Waals surface area contributed by atoms with Gasteiger partial charge in [0.05, 0.1) is 22.5 Å². The highest BCUT2D eigenvalue weighted by molar-refractivity contribution is 7.13. The highest BCUT2D eigenvalue weighted by Crippen LogP contribution is 2.31. The normalized spacial score (nSPS) is 10.6. The molecule has 0 aliphatic rings. The minimum absolute atomic E-state index is 0.127. The molecule has 0 aliphatic carbocycles. The van der Waals surface area contributed by atoms with Gasteiger partial charge in [-0.1, -0.05) is 23.8 Å². The molecule has 0 saturated carbocycles. The number of benzene rings is 1. The Balaban J connectivity index is 2.33. The number of aromatic nitrogens is 1. The summed E-state index contributed by atoms with van der Waals surface area (Å²) in [5, 5.41) is 8.74. The lowest BCUT2D eigenvalue weighted by atomic mass is 10.0. The summed E-state index contributed by atoms with van der Waals surface area (Å²) in [6, 6.07) is 6.29. The summed E-state index contributed by atoms with van der Waals surface area (Å²) in [5.41, 5.74) is 6.26. The molecule has 4 heteroatoms. The van der Waals surface area contributed by atoms with Gasteiger partial charge in [0.1, 0.15) is 0 Å². The van der Waals surface area contributed by atoms with Crippen LogP contribution < -0.4 is 0 Å². The summed E-state index contributed by atoms with van der Waals surface area (Å²) in [5.74, 6) is -0.783. The Labute approximate surface area is 110 Å². The van der Waals surface area contributed by atoms with E-state index in [-0.39, 0.29) is 6.42 Å². The van der Waals surface area contributed by atoms with Crippen LogP contribution in [0, 0.1) is 13.8 Å². The molecule has 2 aromatic rings. The molecule has 0 unspecified atom stereocenters. The van der Waals surface area contributed by atoms with Crippen LogP contribution in [0.15, 0.2) is 23.7 Å². The molecule has 1 heterocycles. The van der Waals surface area contributed by atoms with Gasteiger partial charge in [0.25, 0.3) is 0 Å². The first-order valence-corrected chi connectivity index (χ1v) is 6.67. The molecule has 0 saturated heterocycles. The van der Waals surface area contributed by atoms with Crippen molar-refractivity contribution >= 4 is 17.3 Å². The van der Waals surface area contributed by atoms with Crippen LogP contribution in [0.5, 0.6) is 0 Å². The minimum atomic E-state index is -0.783. The van der Waals surface area contributed by atoms with Crippen molar-refractivity contribution in [1.29, 1.82) is 0 Å². The zero-order valence-corrected chi connectivity index (χ0v) is 11.3. The van der Waals surface area contributed by atoms with Crippen molar-refractivity contribution < 1.29 is 9.90 Å². The van der Waals surface area contributed by atoms with Crippen LogP contribution in [0.3, 0.4) is 0 Å². The fourth-order valence-corrected chi connectivity index (χ4v) is 2.89. The van der Waals surface area contributed by atoms with E-state index in [4.69, 9.17) is 5.11 Å². The third-order valence-electron chi connectivity index (χ3n) is 2.84. The number of hydrogen-bond acceptors (Lipinski definition) is 3. The van der Waals surface area contributed by atoms with E-state index < -0.39 is 5.97 Å². The first-order valence-electron chi connectivity index (χ1n) is 5.79. The highest BCUT2D eigenvalue weighted by Gasteiger charge is 2.12. The maximum atomic E-state index is 10.6. The van der Waals surface area contributed by atoms with E-state index in [1.54, 1.807) is 16.8 Å². The second-order valence-electron chi connectivity index (χ2n) is 4.34. The lowest BCUT2D eigenvalue weighted by Crippen LogP contribution is -1.99. The van der Waals surface area contributed by atoms with Gasteiger partial charge in [0.15, 0.2) is 0 Å². The Morgan fingerprint density at radius 1 is 1.39 bits per heavy atom. The maximum absolute atomic E-state index is 10.6. The third-order valence-corrected chi connectivity index (χ3v) is 3.75. The minimum Gasteiger partial charge on any atom is -0.481 e. The summed E-state index contributed by atoms with van der Waals surface area (Å²) in [6.07, 6.45) is 0.614. The van der Waals surface area contributed by atoms with Gasteiger partial charge in [-0.2, -0.15) is 0 Å². The van der Waals surface area contributed by atoms with Gasteiger partial charge in [-0.25, -0.2) is 4.98 Å². The number of aryl methyl sites for hydroxylation is 3. The summed E-state index contributed by atoms with van der Waals surface area (Å²) in [4.78, 5) is 16.0. The molecule has 1 aromatic carbocycles. The standard InChI is InChI=1S/C14H15NO2S/c1-9-3-4-11(10(2)7-9)14-12(15-8-18-14)5-6-13(16)17/h3-4,7-8H,5-6H2,1-2H3,(H,16,17). The molecule has 3 nitrogen and oxygen atoms in total. The van der Waals surface area contributed by atoms with Gasteiger partial charge in [-0.05, 0) is 25.0 Å². The Bertz CT molecular complexity index is 575. The van der Waals surface area contributed by atoms with E-state index in [2.05, 4.69) is 37.0 Å². The van der Waals surface area contributed by atoms with Crippen LogP contribution in [0.1, 0.15) is 23.2 Å². The summed E-state index contributed by atoms with van der Waals surface area (Å²) < 4.78 is 0. The lowest BCUT2D eigenvalue weighted by molar-refractivity contribution is -0.136. The number of carboxylic acids is 1. The number of nitrogens with zero attached hydrogens (tertiary/aromatic N) is 1. The van der Waals surface area contributed by atoms with E-state index in [1.165, 1.54) is 11.1 Å². The summed E-state index contributed by atoms with van der Waals surface area (Å²) in [6.45, 7) is 4.14. The average Bonchev–Trinajstić information content (AvgIpc) is 2.74. The monoisotopic (exact) mass is 261 g/mol. The average molecular weight is 261 g/mol. The van der Waals surface area contributed by atoms with Crippen molar-refractivity contribution in [2.24, 2.45) is 0 Å². The largest absolute Gasteiger partial charge is 0.481 e. The van der Waals surface area contributed by atoms with E-state index in [0.717, 1.165) is 16.1 Å². The molecule has 1 N–H and O–H groups in total. The number of carbonyl (C=O) groups is 1. The van der Waals surface area contributed by atoms with Gasteiger partial charge in [0.2, 0.25) is 0 Å². The van der Waals surface area contributed by atoms with Crippen LogP contribution in [-0.2, 0) is 11.2 Å². The number of thiazole rings is 1. The quantitative estimate of drug-likeness (QED) is 0.917. The van der Waals surface area contributed by atoms with Crippen LogP contribution in [0.25, 0.3) is 10.4 Å². The number of aliphatic carboxylic acids is 1. The predicted octanol–water partition coefficient (Wildman–Crippen LogP) is 3.44. The van der Waals surface area contributed by atoms with E-state index in [9.17, 15) is 4.79 Å². The molecule has 0 bridgehead atoms. The van der Waals surface area contributed by atoms with Crippen molar-refractivity contribution in [3.8, 4) is 10.4 Å². The lowest BCUT2D eigenvalue weighted by Gasteiger charge is -2.06. The second-order valence-corrected chi connectivity index (χ2v) is 5.20. The molecule has 0 amide bonds. The van der Waals surface area contributed by atoms with Crippen molar-refractivity contribution in [2.45, 2.75) is 26.7 Å². The fourth-order valence-electron chi connectivity index (χ4n) is 1.96. The zero-order valence-electron chi connectivity index (χ0n) is 10.4. The van der Waals surface area contributed by atoms with Gasteiger partial charge < -0.3 is 5.11 Å². The van der Waals surface area contributed by atoms with E-state index in [1.807, 2.05) is 0 Å². The van der Waals surface area contributed by atoms with Gasteiger partial charge in [-0.3, -0.25) is 4.79 Å². The Hall–Kier alpha value is -1.68. The molecule has 0 spiro atoms. The predicted molar refractivity (Wildman–Crippen MR) is 73.0 cm³/mol. The smallest absolute Gasteiger partial charge is 0.303 e. The maximum Gasteiger partial charge on any atom is 0.303 e. The summed E-state index contributed by atoms with van der Waals surface area (Å²) in [7, 11) is 0. The number of hydrogen-bond donors (Lipinski definition) is 1. The highest BCUT2D eigenvalue weighted by atomic mass is 32.1. The summed E-state index contributed by atoms with van der Waals surface area (Å²) >= 11 is 1.57. The van der Waals surface area contributed by atoms with Crippen LogP contribution >= 0.6 is 11.3 Å². The fraction of sp³-hybridized carbons (Fsp3) is 0.286. The third kappa shape index (κ3) is 2.76. The molecule has 2 rings (SSSR count). The molecule has 94 valence electrons. The van der Waals surface area contributed by atoms with Crippen LogP contribution in [0.4, 0.5) is 0 Å². The molecular weight excluding hydrogens is 246 g/mol. The zero-order chi connectivity index (χ0) is 13.1. The molecular formula is C14H15NO2S. The van der Waals surface area contributed by atoms with Crippen molar-refractivity contribution in [1.82, 2.24) is 4.98 Å². The Kier molecular flexibility index (Phi) is 3.77. The molecule has 0 fully saturated rings. The van der Waals surface area contributed by atoms with Crippen molar-refractivity contribution in [3.05, 3.63) is 40.5 Å². The van der Waals surface area contributed by atoms with Crippen LogP contribution in [0.2, 0.25) is 0 Å². The second kappa shape index (κ2) is 5.31. The van der Waals surface area contributed by atoms with Crippen molar-refractivity contribution in [2.75, 3.05) is 0 Å². The van der Waals surface area contributed by atoms with Crippen LogP contribution in [-0.4, -0.2) is 16.1 Å². The molecule has 0 atom stereocenters. The molecule has 18 heavy (non-hydrogen) atoms. The number of carboxylic acid groups (broad SMARTS) is 1. The molecule has 0 radical (unpaired) electrons. The first kappa shape index (κ1) is 12.8. The topological polar surface area (TPSA) is 50.2 Å². The molecule has 1 aromatic heterocycles. The van der Waals surface area contributed by atoms with Gasteiger partial charge in [0, 0.05) is 6.42 Å².